The zero-order chi connectivity index (χ0) is 14.8. The molecule has 0 fully saturated rings. The summed E-state index contributed by atoms with van der Waals surface area (Å²) in [5.74, 6) is 0. The number of sulfonamides is 1. The molecule has 0 spiro atoms. The van der Waals surface area contributed by atoms with Gasteiger partial charge in [-0.05, 0) is 37.1 Å². The van der Waals surface area contributed by atoms with E-state index in [4.69, 9.17) is 5.26 Å². The molecule has 0 aliphatic heterocycles. The van der Waals surface area contributed by atoms with Gasteiger partial charge in [0.15, 0.2) is 0 Å². The molecule has 0 saturated carbocycles. The summed E-state index contributed by atoms with van der Waals surface area (Å²) in [7, 11) is -3.63. The van der Waals surface area contributed by atoms with Crippen LogP contribution in [-0.4, -0.2) is 8.42 Å². The molecule has 6 heteroatoms. The number of hydrogen-bond donors (Lipinski definition) is 1. The Morgan fingerprint density at radius 1 is 1.30 bits per heavy atom. The average molecular weight is 306 g/mol. The SMILES string of the molecule is CCc1ccc(S(=O)(=O)Nc2cccc(C)c2C#N)s1. The smallest absolute Gasteiger partial charge is 0.271 e. The largest absolute Gasteiger partial charge is 0.278 e. The lowest BCUT2D eigenvalue weighted by atomic mass is 10.1. The van der Waals surface area contributed by atoms with Gasteiger partial charge in [0.2, 0.25) is 0 Å². The number of nitrogens with one attached hydrogen (secondary N) is 1. The Bertz CT molecular complexity index is 771. The second-order valence-electron chi connectivity index (χ2n) is 4.29. The minimum absolute atomic E-state index is 0.264. The van der Waals surface area contributed by atoms with Gasteiger partial charge in [-0.25, -0.2) is 8.42 Å². The van der Waals surface area contributed by atoms with Crippen LogP contribution in [0.15, 0.2) is 34.5 Å². The van der Waals surface area contributed by atoms with Crippen LogP contribution in [0.2, 0.25) is 0 Å². The maximum absolute atomic E-state index is 12.3. The summed E-state index contributed by atoms with van der Waals surface area (Å²) in [6.45, 7) is 3.75. The highest BCUT2D eigenvalue weighted by atomic mass is 32.2. The molecule has 0 aliphatic rings. The predicted octanol–water partition coefficient (Wildman–Crippen LogP) is 3.29. The van der Waals surface area contributed by atoms with Gasteiger partial charge in [0.05, 0.1) is 11.3 Å². The lowest BCUT2D eigenvalue weighted by molar-refractivity contribution is 0.603. The van der Waals surface area contributed by atoms with Gasteiger partial charge in [-0.15, -0.1) is 11.3 Å². The Labute approximate surface area is 122 Å². The quantitative estimate of drug-likeness (QED) is 0.942. The molecule has 1 N–H and O–H groups in total. The standard InChI is InChI=1S/C14H14N2O2S2/c1-3-11-7-8-14(19-11)20(17,18)16-13-6-4-5-10(2)12(13)9-15/h4-8,16H,3H2,1-2H3. The van der Waals surface area contributed by atoms with Crippen LogP contribution >= 0.6 is 11.3 Å². The van der Waals surface area contributed by atoms with Crippen molar-refractivity contribution in [3.05, 3.63) is 46.3 Å². The molecule has 1 heterocycles. The summed E-state index contributed by atoms with van der Waals surface area (Å²) in [5.41, 5.74) is 1.41. The Hall–Kier alpha value is -1.84. The second-order valence-corrected chi connectivity index (χ2v) is 7.37. The maximum atomic E-state index is 12.3. The fourth-order valence-electron chi connectivity index (χ4n) is 1.79. The molecule has 4 nitrogen and oxygen atoms in total. The van der Waals surface area contributed by atoms with Crippen molar-refractivity contribution in [2.24, 2.45) is 0 Å². The molecule has 0 atom stereocenters. The monoisotopic (exact) mass is 306 g/mol. The average Bonchev–Trinajstić information content (AvgIpc) is 2.88. The summed E-state index contributed by atoms with van der Waals surface area (Å²) in [4.78, 5) is 1.01. The lowest BCUT2D eigenvalue weighted by Crippen LogP contribution is -2.12. The van der Waals surface area contributed by atoms with Crippen molar-refractivity contribution in [2.75, 3.05) is 4.72 Å². The molecular formula is C14H14N2O2S2. The van der Waals surface area contributed by atoms with E-state index >= 15 is 0 Å². The van der Waals surface area contributed by atoms with Gasteiger partial charge in [-0.3, -0.25) is 4.72 Å². The van der Waals surface area contributed by atoms with Crippen LogP contribution in [-0.2, 0) is 16.4 Å². The van der Waals surface area contributed by atoms with E-state index in [2.05, 4.69) is 4.72 Å². The van der Waals surface area contributed by atoms with E-state index in [-0.39, 0.29) is 4.21 Å². The van der Waals surface area contributed by atoms with Crippen LogP contribution in [0.4, 0.5) is 5.69 Å². The molecule has 0 bridgehead atoms. The highest BCUT2D eigenvalue weighted by molar-refractivity contribution is 7.94. The Kier molecular flexibility index (Phi) is 4.12. The van der Waals surface area contributed by atoms with E-state index < -0.39 is 10.0 Å². The molecule has 20 heavy (non-hydrogen) atoms. The van der Waals surface area contributed by atoms with E-state index in [1.807, 2.05) is 13.0 Å². The van der Waals surface area contributed by atoms with E-state index in [1.165, 1.54) is 11.3 Å². The first-order valence-electron chi connectivity index (χ1n) is 6.09. The molecule has 0 unspecified atom stereocenters. The first kappa shape index (κ1) is 14.6. The highest BCUT2D eigenvalue weighted by Crippen LogP contribution is 2.26. The number of aryl methyl sites for hydroxylation is 2. The van der Waals surface area contributed by atoms with E-state index in [1.54, 1.807) is 37.3 Å². The maximum Gasteiger partial charge on any atom is 0.271 e. The Balaban J connectivity index is 2.39. The van der Waals surface area contributed by atoms with Crippen LogP contribution < -0.4 is 4.72 Å². The highest BCUT2D eigenvalue weighted by Gasteiger charge is 2.18. The van der Waals surface area contributed by atoms with Crippen LogP contribution in [0.3, 0.4) is 0 Å². The summed E-state index contributed by atoms with van der Waals surface area (Å²) in [6, 6.07) is 10.5. The Morgan fingerprint density at radius 3 is 2.65 bits per heavy atom. The van der Waals surface area contributed by atoms with Crippen molar-refractivity contribution in [1.82, 2.24) is 0 Å². The minimum Gasteiger partial charge on any atom is -0.278 e. The van der Waals surface area contributed by atoms with Gasteiger partial charge in [-0.2, -0.15) is 5.26 Å². The third-order valence-corrected chi connectivity index (χ3v) is 5.97. The fraction of sp³-hybridized carbons (Fsp3) is 0.214. The number of anilines is 1. The fourth-order valence-corrected chi connectivity index (χ4v) is 4.16. The number of thiophene rings is 1. The topological polar surface area (TPSA) is 70.0 Å². The molecule has 0 radical (unpaired) electrons. The van der Waals surface area contributed by atoms with Crippen molar-refractivity contribution in [3.8, 4) is 6.07 Å². The first-order valence-corrected chi connectivity index (χ1v) is 8.39. The van der Waals surface area contributed by atoms with Gasteiger partial charge < -0.3 is 0 Å². The van der Waals surface area contributed by atoms with Gasteiger partial charge in [0.1, 0.15) is 10.3 Å². The van der Waals surface area contributed by atoms with Crippen molar-refractivity contribution in [2.45, 2.75) is 24.5 Å². The van der Waals surface area contributed by atoms with Crippen molar-refractivity contribution >= 4 is 27.0 Å². The summed E-state index contributed by atoms with van der Waals surface area (Å²) in [6.07, 6.45) is 0.800. The van der Waals surface area contributed by atoms with Crippen LogP contribution in [0.5, 0.6) is 0 Å². The summed E-state index contributed by atoms with van der Waals surface area (Å²) in [5, 5.41) is 9.13. The van der Waals surface area contributed by atoms with E-state index in [9.17, 15) is 8.42 Å². The van der Waals surface area contributed by atoms with Crippen LogP contribution in [0.25, 0.3) is 0 Å². The van der Waals surface area contributed by atoms with Crippen molar-refractivity contribution < 1.29 is 8.42 Å². The molecule has 2 rings (SSSR count). The third-order valence-electron chi connectivity index (χ3n) is 2.88. The third kappa shape index (κ3) is 2.84. The summed E-state index contributed by atoms with van der Waals surface area (Å²) < 4.78 is 27.4. The molecule has 2 aromatic rings. The van der Waals surface area contributed by atoms with Crippen LogP contribution in [0.1, 0.15) is 22.9 Å². The Morgan fingerprint density at radius 2 is 2.05 bits per heavy atom. The first-order chi connectivity index (χ1) is 9.47. The van der Waals surface area contributed by atoms with Gasteiger partial charge in [0, 0.05) is 4.88 Å². The molecule has 104 valence electrons. The molecule has 1 aromatic carbocycles. The van der Waals surface area contributed by atoms with Gasteiger partial charge in [-0.1, -0.05) is 19.1 Å². The van der Waals surface area contributed by atoms with Gasteiger partial charge >= 0.3 is 0 Å². The zero-order valence-electron chi connectivity index (χ0n) is 11.2. The molecule has 0 saturated heterocycles. The minimum atomic E-state index is -3.63. The number of benzene rings is 1. The summed E-state index contributed by atoms with van der Waals surface area (Å²) >= 11 is 1.24. The lowest BCUT2D eigenvalue weighted by Gasteiger charge is -2.09. The van der Waals surface area contributed by atoms with Crippen molar-refractivity contribution in [3.63, 3.8) is 0 Å². The number of hydrogen-bond acceptors (Lipinski definition) is 4. The molecule has 1 aromatic heterocycles. The van der Waals surface area contributed by atoms with Gasteiger partial charge in [0.25, 0.3) is 10.0 Å². The van der Waals surface area contributed by atoms with Crippen LogP contribution in [0, 0.1) is 18.3 Å². The van der Waals surface area contributed by atoms with E-state index in [0.29, 0.717) is 11.3 Å². The second kappa shape index (κ2) is 5.65. The number of nitriles is 1. The zero-order valence-corrected chi connectivity index (χ0v) is 12.8. The predicted molar refractivity (Wildman–Crippen MR) is 80.4 cm³/mol. The number of nitrogens with zero attached hydrogens (tertiary/aromatic N) is 1. The molecular weight excluding hydrogens is 292 g/mol. The van der Waals surface area contributed by atoms with Crippen molar-refractivity contribution in [1.29, 1.82) is 5.26 Å². The van der Waals surface area contributed by atoms with E-state index in [0.717, 1.165) is 16.9 Å². The number of rotatable bonds is 4. The molecule has 0 aliphatic carbocycles. The molecule has 0 amide bonds. The normalized spacial score (nSPS) is 11.1.